The third-order valence-electron chi connectivity index (χ3n) is 3.45. The number of nitro benzene ring substituents is 1. The van der Waals surface area contributed by atoms with Crippen molar-refractivity contribution in [2.24, 2.45) is 0 Å². The summed E-state index contributed by atoms with van der Waals surface area (Å²) in [6, 6.07) is 16.1. The maximum atomic E-state index is 10.9. The summed E-state index contributed by atoms with van der Waals surface area (Å²) in [7, 11) is 0. The zero-order chi connectivity index (χ0) is 16.7. The fourth-order valence-corrected chi connectivity index (χ4v) is 2.15. The van der Waals surface area contributed by atoms with Crippen molar-refractivity contribution in [1.82, 2.24) is 5.32 Å². The van der Waals surface area contributed by atoms with Crippen LogP contribution in [0.4, 0.5) is 5.69 Å². The van der Waals surface area contributed by atoms with E-state index in [1.165, 1.54) is 12.1 Å². The fraction of sp³-hybridized carbons (Fsp3) is 0.294. The molecule has 0 unspecified atom stereocenters. The molecular formula is C17H20N2O4. The van der Waals surface area contributed by atoms with Gasteiger partial charge >= 0.3 is 5.69 Å². The Bertz CT molecular complexity index is 634. The number of benzene rings is 2. The van der Waals surface area contributed by atoms with Crippen LogP contribution in [0.2, 0.25) is 0 Å². The highest BCUT2D eigenvalue weighted by Gasteiger charge is 2.15. The SMILES string of the molecule is C[C@H](NC[C@@H](O)COc1ccccc1[N+](=O)[O-])c1ccccc1. The molecule has 0 bridgehead atoms. The molecule has 0 aliphatic carbocycles. The van der Waals surface area contributed by atoms with E-state index in [1.54, 1.807) is 12.1 Å². The van der Waals surface area contributed by atoms with Gasteiger partial charge in [0.15, 0.2) is 5.75 Å². The zero-order valence-corrected chi connectivity index (χ0v) is 12.9. The van der Waals surface area contributed by atoms with Crippen LogP contribution >= 0.6 is 0 Å². The largest absolute Gasteiger partial charge is 0.484 e. The molecule has 0 aliphatic rings. The van der Waals surface area contributed by atoms with Crippen molar-refractivity contribution in [3.63, 3.8) is 0 Å². The molecule has 122 valence electrons. The van der Waals surface area contributed by atoms with Gasteiger partial charge in [0, 0.05) is 18.7 Å². The summed E-state index contributed by atoms with van der Waals surface area (Å²) in [5.41, 5.74) is 1.02. The van der Waals surface area contributed by atoms with E-state index in [0.29, 0.717) is 6.54 Å². The normalized spacial score (nSPS) is 13.3. The van der Waals surface area contributed by atoms with Gasteiger partial charge in [0.1, 0.15) is 12.7 Å². The minimum absolute atomic E-state index is 0.0145. The summed E-state index contributed by atoms with van der Waals surface area (Å²) >= 11 is 0. The van der Waals surface area contributed by atoms with Crippen molar-refractivity contribution in [1.29, 1.82) is 0 Å². The van der Waals surface area contributed by atoms with Gasteiger partial charge in [0.05, 0.1) is 4.92 Å². The second kappa shape index (κ2) is 8.26. The van der Waals surface area contributed by atoms with Crippen molar-refractivity contribution < 1.29 is 14.8 Å². The Morgan fingerprint density at radius 1 is 1.17 bits per heavy atom. The van der Waals surface area contributed by atoms with Gasteiger partial charge in [0.2, 0.25) is 0 Å². The van der Waals surface area contributed by atoms with Gasteiger partial charge in [-0.3, -0.25) is 10.1 Å². The Morgan fingerprint density at radius 3 is 2.52 bits per heavy atom. The summed E-state index contributed by atoms with van der Waals surface area (Å²) in [5, 5.41) is 24.1. The topological polar surface area (TPSA) is 84.6 Å². The molecule has 0 heterocycles. The average Bonchev–Trinajstić information content (AvgIpc) is 2.58. The summed E-state index contributed by atoms with van der Waals surface area (Å²) in [5.74, 6) is 0.160. The molecule has 0 fully saturated rings. The van der Waals surface area contributed by atoms with Crippen LogP contribution in [0.3, 0.4) is 0 Å². The smallest absolute Gasteiger partial charge is 0.310 e. The van der Waals surface area contributed by atoms with Crippen LogP contribution in [0.15, 0.2) is 54.6 Å². The Labute approximate surface area is 134 Å². The van der Waals surface area contributed by atoms with E-state index >= 15 is 0 Å². The highest BCUT2D eigenvalue weighted by Crippen LogP contribution is 2.25. The van der Waals surface area contributed by atoms with Crippen LogP contribution < -0.4 is 10.1 Å². The van der Waals surface area contributed by atoms with Gasteiger partial charge in [0.25, 0.3) is 0 Å². The second-order valence-corrected chi connectivity index (χ2v) is 5.23. The first-order valence-electron chi connectivity index (χ1n) is 7.40. The molecule has 0 saturated heterocycles. The van der Waals surface area contributed by atoms with Gasteiger partial charge in [-0.15, -0.1) is 0 Å². The molecule has 2 atom stereocenters. The number of rotatable bonds is 8. The molecule has 23 heavy (non-hydrogen) atoms. The zero-order valence-electron chi connectivity index (χ0n) is 12.9. The van der Waals surface area contributed by atoms with E-state index in [2.05, 4.69) is 5.32 Å². The van der Waals surface area contributed by atoms with E-state index in [1.807, 2.05) is 37.3 Å². The standard InChI is InChI=1S/C17H20N2O4/c1-13(14-7-3-2-4-8-14)18-11-15(20)12-23-17-10-6-5-9-16(17)19(21)22/h2-10,13,15,18,20H,11-12H2,1H3/t13-,15+/m0/s1. The lowest BCUT2D eigenvalue weighted by atomic mass is 10.1. The van der Waals surface area contributed by atoms with Crippen LogP contribution in [0.5, 0.6) is 5.75 Å². The van der Waals surface area contributed by atoms with E-state index in [0.717, 1.165) is 5.56 Å². The van der Waals surface area contributed by atoms with Gasteiger partial charge in [-0.05, 0) is 18.6 Å². The van der Waals surface area contributed by atoms with Crippen LogP contribution in [0, 0.1) is 10.1 Å². The van der Waals surface area contributed by atoms with E-state index < -0.39 is 11.0 Å². The number of nitro groups is 1. The molecule has 0 saturated carbocycles. The Balaban J connectivity index is 1.82. The second-order valence-electron chi connectivity index (χ2n) is 5.23. The highest BCUT2D eigenvalue weighted by atomic mass is 16.6. The number of aliphatic hydroxyl groups excluding tert-OH is 1. The summed E-state index contributed by atoms with van der Waals surface area (Å²) in [6.07, 6.45) is -0.763. The molecule has 6 heteroatoms. The number of aliphatic hydroxyl groups is 1. The lowest BCUT2D eigenvalue weighted by Gasteiger charge is -2.18. The van der Waals surface area contributed by atoms with E-state index in [4.69, 9.17) is 4.74 Å². The maximum absolute atomic E-state index is 10.9. The molecule has 0 aliphatic heterocycles. The van der Waals surface area contributed by atoms with Gasteiger partial charge in [-0.1, -0.05) is 42.5 Å². The molecule has 2 rings (SSSR count). The molecule has 0 amide bonds. The van der Waals surface area contributed by atoms with Crippen molar-refractivity contribution in [3.8, 4) is 5.75 Å². The Hall–Kier alpha value is -2.44. The molecule has 0 aromatic heterocycles. The van der Waals surface area contributed by atoms with Crippen LogP contribution in [-0.2, 0) is 0 Å². The first-order chi connectivity index (χ1) is 11.1. The fourth-order valence-electron chi connectivity index (χ4n) is 2.15. The van der Waals surface area contributed by atoms with Crippen LogP contribution in [-0.4, -0.2) is 29.3 Å². The third-order valence-corrected chi connectivity index (χ3v) is 3.45. The van der Waals surface area contributed by atoms with Crippen molar-refractivity contribution >= 4 is 5.69 Å². The van der Waals surface area contributed by atoms with Crippen molar-refractivity contribution in [3.05, 3.63) is 70.3 Å². The molecule has 2 aromatic rings. The number of hydrogen-bond donors (Lipinski definition) is 2. The van der Waals surface area contributed by atoms with Gasteiger partial charge < -0.3 is 15.2 Å². The molecule has 6 nitrogen and oxygen atoms in total. The van der Waals surface area contributed by atoms with E-state index in [9.17, 15) is 15.2 Å². The number of nitrogens with zero attached hydrogens (tertiary/aromatic N) is 1. The van der Waals surface area contributed by atoms with Crippen LogP contribution in [0.25, 0.3) is 0 Å². The minimum atomic E-state index is -0.763. The predicted molar refractivity (Wildman–Crippen MR) is 87.5 cm³/mol. The molecule has 2 N–H and O–H groups in total. The third kappa shape index (κ3) is 5.05. The molecule has 2 aromatic carbocycles. The Morgan fingerprint density at radius 2 is 1.83 bits per heavy atom. The minimum Gasteiger partial charge on any atom is -0.484 e. The molecule has 0 radical (unpaired) electrons. The van der Waals surface area contributed by atoms with E-state index in [-0.39, 0.29) is 24.1 Å². The van der Waals surface area contributed by atoms with Crippen LogP contribution in [0.1, 0.15) is 18.5 Å². The summed E-state index contributed by atoms with van der Waals surface area (Å²) in [4.78, 5) is 10.4. The number of nitrogens with one attached hydrogen (secondary N) is 1. The van der Waals surface area contributed by atoms with Gasteiger partial charge in [-0.2, -0.15) is 0 Å². The first-order valence-corrected chi connectivity index (χ1v) is 7.40. The molecular weight excluding hydrogens is 296 g/mol. The lowest BCUT2D eigenvalue weighted by molar-refractivity contribution is -0.385. The quantitative estimate of drug-likeness (QED) is 0.578. The molecule has 0 spiro atoms. The predicted octanol–water partition coefficient (Wildman–Crippen LogP) is 2.69. The van der Waals surface area contributed by atoms with Crippen molar-refractivity contribution in [2.45, 2.75) is 19.1 Å². The lowest BCUT2D eigenvalue weighted by Crippen LogP contribution is -2.33. The summed E-state index contributed by atoms with van der Waals surface area (Å²) in [6.45, 7) is 2.32. The maximum Gasteiger partial charge on any atom is 0.310 e. The monoisotopic (exact) mass is 316 g/mol. The Kier molecular flexibility index (Phi) is 6.08. The average molecular weight is 316 g/mol. The summed E-state index contributed by atoms with van der Waals surface area (Å²) < 4.78 is 5.37. The number of ether oxygens (including phenoxy) is 1. The number of para-hydroxylation sites is 2. The van der Waals surface area contributed by atoms with Crippen molar-refractivity contribution in [2.75, 3.05) is 13.2 Å². The first kappa shape index (κ1) is 16.9. The van der Waals surface area contributed by atoms with Gasteiger partial charge in [-0.25, -0.2) is 0 Å². The highest BCUT2D eigenvalue weighted by molar-refractivity contribution is 5.45. The number of hydrogen-bond acceptors (Lipinski definition) is 5.